The molecule has 0 spiro atoms. The highest BCUT2D eigenvalue weighted by Gasteiger charge is 2.31. The Morgan fingerprint density at radius 2 is 1.44 bits per heavy atom. The minimum absolute atomic E-state index is 0.106. The molecule has 3 rings (SSSR count). The summed E-state index contributed by atoms with van der Waals surface area (Å²) in [6, 6.07) is 8.75. The van der Waals surface area contributed by atoms with Crippen LogP contribution in [-0.2, 0) is 4.74 Å². The lowest BCUT2D eigenvalue weighted by molar-refractivity contribution is -0.165. The molecule has 3 unspecified atom stereocenters. The third kappa shape index (κ3) is 5.98. The summed E-state index contributed by atoms with van der Waals surface area (Å²) in [5.41, 5.74) is 1.40. The van der Waals surface area contributed by atoms with Gasteiger partial charge in [-0.1, -0.05) is 71.4 Å². The van der Waals surface area contributed by atoms with Gasteiger partial charge in [-0.05, 0) is 61.6 Å². The minimum Gasteiger partial charge on any atom is -0.465 e. The first-order chi connectivity index (χ1) is 13.2. The van der Waals surface area contributed by atoms with Gasteiger partial charge in [0, 0.05) is 5.92 Å². The van der Waals surface area contributed by atoms with E-state index in [0.29, 0.717) is 17.9 Å². The fourth-order valence-corrected chi connectivity index (χ4v) is 4.78. The number of rotatable bonds is 8. The Morgan fingerprint density at radius 3 is 2.04 bits per heavy atom. The molecule has 27 heavy (non-hydrogen) atoms. The predicted molar refractivity (Wildman–Crippen MR) is 113 cm³/mol. The summed E-state index contributed by atoms with van der Waals surface area (Å²) < 4.78 is 13.1. The van der Waals surface area contributed by atoms with Crippen LogP contribution in [0.5, 0.6) is 5.75 Å². The van der Waals surface area contributed by atoms with E-state index >= 15 is 0 Å². The van der Waals surface area contributed by atoms with E-state index < -0.39 is 0 Å². The second-order valence-electron chi connectivity index (χ2n) is 9.02. The van der Waals surface area contributed by atoms with E-state index in [-0.39, 0.29) is 6.29 Å². The maximum absolute atomic E-state index is 6.59. The summed E-state index contributed by atoms with van der Waals surface area (Å²) in [5.74, 6) is 2.77. The largest absolute Gasteiger partial charge is 0.465 e. The molecule has 1 aromatic rings. The van der Waals surface area contributed by atoms with Gasteiger partial charge in [0.1, 0.15) is 5.75 Å². The van der Waals surface area contributed by atoms with Crippen molar-refractivity contribution in [1.29, 1.82) is 0 Å². The molecule has 2 saturated carbocycles. The number of benzene rings is 1. The van der Waals surface area contributed by atoms with E-state index in [1.54, 1.807) is 0 Å². The highest BCUT2D eigenvalue weighted by molar-refractivity contribution is 5.29. The van der Waals surface area contributed by atoms with Crippen molar-refractivity contribution in [2.45, 2.75) is 110 Å². The summed E-state index contributed by atoms with van der Waals surface area (Å²) in [6.07, 6.45) is 14.6. The van der Waals surface area contributed by atoms with Crippen molar-refractivity contribution in [2.75, 3.05) is 0 Å². The van der Waals surface area contributed by atoms with E-state index in [1.165, 1.54) is 76.2 Å². The van der Waals surface area contributed by atoms with Crippen LogP contribution in [0, 0.1) is 11.8 Å². The zero-order valence-electron chi connectivity index (χ0n) is 17.8. The molecule has 0 aliphatic heterocycles. The Morgan fingerprint density at radius 1 is 0.852 bits per heavy atom. The molecule has 2 aliphatic rings. The predicted octanol–water partition coefficient (Wildman–Crippen LogP) is 7.47. The molecule has 1 aromatic carbocycles. The number of hydrogen-bond acceptors (Lipinski definition) is 2. The Labute approximate surface area is 167 Å². The molecule has 2 heteroatoms. The van der Waals surface area contributed by atoms with Crippen LogP contribution in [0.2, 0.25) is 0 Å². The summed E-state index contributed by atoms with van der Waals surface area (Å²) in [5, 5.41) is 0. The van der Waals surface area contributed by atoms with Crippen LogP contribution in [0.3, 0.4) is 0 Å². The van der Waals surface area contributed by atoms with Crippen molar-refractivity contribution in [3.8, 4) is 5.75 Å². The molecular weight excluding hydrogens is 332 g/mol. The Kier molecular flexibility index (Phi) is 8.06. The molecule has 2 nitrogen and oxygen atoms in total. The highest BCUT2D eigenvalue weighted by Crippen LogP contribution is 2.35. The second-order valence-corrected chi connectivity index (χ2v) is 9.02. The Bertz CT molecular complexity index is 526. The van der Waals surface area contributed by atoms with E-state index in [2.05, 4.69) is 45.0 Å². The van der Waals surface area contributed by atoms with Crippen molar-refractivity contribution in [1.82, 2.24) is 0 Å². The van der Waals surface area contributed by atoms with Crippen LogP contribution in [0.4, 0.5) is 0 Å². The fraction of sp³-hybridized carbons (Fsp3) is 0.760. The average molecular weight is 373 g/mol. The maximum atomic E-state index is 6.59. The summed E-state index contributed by atoms with van der Waals surface area (Å²) in [7, 11) is 0. The van der Waals surface area contributed by atoms with Gasteiger partial charge in [0.15, 0.2) is 0 Å². The lowest BCUT2D eigenvalue weighted by Gasteiger charge is -2.36. The van der Waals surface area contributed by atoms with Gasteiger partial charge in [-0.15, -0.1) is 0 Å². The lowest BCUT2D eigenvalue weighted by atomic mass is 9.80. The van der Waals surface area contributed by atoms with Gasteiger partial charge in [0.2, 0.25) is 6.29 Å². The molecule has 0 radical (unpaired) electrons. The van der Waals surface area contributed by atoms with Gasteiger partial charge in [0.05, 0.1) is 6.10 Å². The quantitative estimate of drug-likeness (QED) is 0.441. The highest BCUT2D eigenvalue weighted by atomic mass is 16.7. The standard InChI is InChI=1S/C25H40O2/c1-4-19(2)21-15-17-24(18-16-21)27-25(26-23-13-9-6-10-14-23)20(3)22-11-7-5-8-12-22/h15-20,22-23,25H,4-14H2,1-3H3. The first kappa shape index (κ1) is 20.7. The summed E-state index contributed by atoms with van der Waals surface area (Å²) in [4.78, 5) is 0. The molecule has 0 bridgehead atoms. The van der Waals surface area contributed by atoms with Crippen LogP contribution in [0.15, 0.2) is 24.3 Å². The average Bonchev–Trinajstić information content (AvgIpc) is 2.74. The van der Waals surface area contributed by atoms with Gasteiger partial charge >= 0.3 is 0 Å². The molecule has 152 valence electrons. The molecule has 0 saturated heterocycles. The zero-order valence-corrected chi connectivity index (χ0v) is 17.8. The molecule has 2 fully saturated rings. The molecule has 0 aromatic heterocycles. The van der Waals surface area contributed by atoms with Gasteiger partial charge in [0.25, 0.3) is 0 Å². The van der Waals surface area contributed by atoms with Crippen LogP contribution >= 0.6 is 0 Å². The van der Waals surface area contributed by atoms with Gasteiger partial charge in [-0.2, -0.15) is 0 Å². The third-order valence-electron chi connectivity index (χ3n) is 7.02. The lowest BCUT2D eigenvalue weighted by Crippen LogP contribution is -2.37. The smallest absolute Gasteiger partial charge is 0.202 e. The SMILES string of the molecule is CCC(C)c1ccc(OC(OC2CCCCC2)C(C)C2CCCCC2)cc1. The first-order valence-electron chi connectivity index (χ1n) is 11.6. The molecule has 0 heterocycles. The van der Waals surface area contributed by atoms with Crippen molar-refractivity contribution >= 4 is 0 Å². The topological polar surface area (TPSA) is 18.5 Å². The normalized spacial score (nSPS) is 22.9. The van der Waals surface area contributed by atoms with Gasteiger partial charge < -0.3 is 9.47 Å². The van der Waals surface area contributed by atoms with E-state index in [4.69, 9.17) is 9.47 Å². The molecule has 0 N–H and O–H groups in total. The zero-order chi connectivity index (χ0) is 19.1. The van der Waals surface area contributed by atoms with E-state index in [9.17, 15) is 0 Å². The summed E-state index contributed by atoms with van der Waals surface area (Å²) >= 11 is 0. The molecule has 3 atom stereocenters. The van der Waals surface area contributed by atoms with E-state index in [0.717, 1.165) is 11.7 Å². The second kappa shape index (κ2) is 10.5. The van der Waals surface area contributed by atoms with Crippen LogP contribution in [-0.4, -0.2) is 12.4 Å². The van der Waals surface area contributed by atoms with Crippen molar-refractivity contribution < 1.29 is 9.47 Å². The minimum atomic E-state index is -0.106. The number of ether oxygens (including phenoxy) is 2. The van der Waals surface area contributed by atoms with E-state index in [1.807, 2.05) is 0 Å². The van der Waals surface area contributed by atoms with Crippen LogP contribution < -0.4 is 4.74 Å². The molecule has 2 aliphatic carbocycles. The van der Waals surface area contributed by atoms with Gasteiger partial charge in [-0.3, -0.25) is 0 Å². The Balaban J connectivity index is 1.67. The number of hydrogen-bond donors (Lipinski definition) is 0. The first-order valence-corrected chi connectivity index (χ1v) is 11.6. The molecule has 0 amide bonds. The van der Waals surface area contributed by atoms with Crippen LogP contribution in [0.1, 0.15) is 103 Å². The van der Waals surface area contributed by atoms with Crippen molar-refractivity contribution in [2.24, 2.45) is 11.8 Å². The summed E-state index contributed by atoms with van der Waals surface area (Å²) in [6.45, 7) is 6.89. The van der Waals surface area contributed by atoms with Crippen molar-refractivity contribution in [3.63, 3.8) is 0 Å². The van der Waals surface area contributed by atoms with Crippen LogP contribution in [0.25, 0.3) is 0 Å². The van der Waals surface area contributed by atoms with Gasteiger partial charge in [-0.25, -0.2) is 0 Å². The third-order valence-corrected chi connectivity index (χ3v) is 7.02. The monoisotopic (exact) mass is 372 g/mol. The fourth-order valence-electron chi connectivity index (χ4n) is 4.78. The Hall–Kier alpha value is -1.02. The maximum Gasteiger partial charge on any atom is 0.202 e. The molecular formula is C25H40O2. The van der Waals surface area contributed by atoms with Crippen molar-refractivity contribution in [3.05, 3.63) is 29.8 Å².